The topological polar surface area (TPSA) is 93.1 Å². The zero-order valence-corrected chi connectivity index (χ0v) is 18.8. The van der Waals surface area contributed by atoms with Gasteiger partial charge in [-0.2, -0.15) is 0 Å². The monoisotopic (exact) mass is 434 g/mol. The first-order chi connectivity index (χ1) is 15.0. The number of unbranched alkanes of at least 4 members (excludes halogenated alkanes) is 1. The summed E-state index contributed by atoms with van der Waals surface area (Å²) in [4.78, 5) is 22.2. The zero-order valence-electron chi connectivity index (χ0n) is 18.8. The second-order valence-corrected chi connectivity index (χ2v) is 6.94. The van der Waals surface area contributed by atoms with E-state index in [1.807, 2.05) is 43.4 Å². The predicted octanol–water partition coefficient (Wildman–Crippen LogP) is 4.35. The van der Waals surface area contributed by atoms with Crippen LogP contribution in [0.15, 0.2) is 60.8 Å². The highest BCUT2D eigenvalue weighted by Crippen LogP contribution is 2.02. The van der Waals surface area contributed by atoms with Gasteiger partial charge in [-0.15, -0.1) is 0 Å². The lowest BCUT2D eigenvalue weighted by Gasteiger charge is -2.10. The van der Waals surface area contributed by atoms with Gasteiger partial charge in [-0.3, -0.25) is 9.59 Å². The standard InChI is InChI=1S/C25H38O6/c1-3-4-17-23(27)18-15-13-11-9-7-5-6-8-10-12-14-16-19-25(29)31-21-24(28)20-30-22(2)26/h4-6,9-13,15,17,23-24,27-28H,3,7-8,14,16,18-21H2,1-2H3/b6-5-,11-9-,12-10-,15-13+,17-4-/t23?,24-/m1/s1. The maximum absolute atomic E-state index is 11.6. The summed E-state index contributed by atoms with van der Waals surface area (Å²) in [5.74, 6) is -0.855. The molecule has 0 amide bonds. The summed E-state index contributed by atoms with van der Waals surface area (Å²) < 4.78 is 9.55. The Hall–Kier alpha value is -2.44. The van der Waals surface area contributed by atoms with Crippen molar-refractivity contribution >= 4 is 11.9 Å². The molecule has 0 fully saturated rings. The molecule has 0 spiro atoms. The van der Waals surface area contributed by atoms with Gasteiger partial charge in [-0.05, 0) is 38.5 Å². The van der Waals surface area contributed by atoms with Crippen molar-refractivity contribution in [2.45, 2.75) is 71.0 Å². The quantitative estimate of drug-likeness (QED) is 0.153. The number of hydrogen-bond acceptors (Lipinski definition) is 6. The van der Waals surface area contributed by atoms with Crippen molar-refractivity contribution < 1.29 is 29.3 Å². The lowest BCUT2D eigenvalue weighted by molar-refractivity contribution is -0.151. The molecule has 0 aliphatic carbocycles. The molecule has 0 aliphatic heterocycles. The van der Waals surface area contributed by atoms with E-state index >= 15 is 0 Å². The molecule has 174 valence electrons. The first-order valence-corrected chi connectivity index (χ1v) is 10.9. The number of esters is 2. The minimum atomic E-state index is -0.994. The third kappa shape index (κ3) is 22.1. The van der Waals surface area contributed by atoms with E-state index in [0.29, 0.717) is 12.8 Å². The molecule has 0 radical (unpaired) electrons. The molecule has 0 saturated heterocycles. The van der Waals surface area contributed by atoms with Crippen molar-refractivity contribution in [1.82, 2.24) is 0 Å². The summed E-state index contributed by atoms with van der Waals surface area (Å²) in [5, 5.41) is 19.1. The lowest BCUT2D eigenvalue weighted by Crippen LogP contribution is -2.24. The summed E-state index contributed by atoms with van der Waals surface area (Å²) >= 11 is 0. The van der Waals surface area contributed by atoms with E-state index in [4.69, 9.17) is 4.74 Å². The smallest absolute Gasteiger partial charge is 0.305 e. The van der Waals surface area contributed by atoms with Crippen molar-refractivity contribution in [3.8, 4) is 0 Å². The van der Waals surface area contributed by atoms with Gasteiger partial charge in [0.15, 0.2) is 0 Å². The molecule has 0 heterocycles. The lowest BCUT2D eigenvalue weighted by atomic mass is 10.2. The van der Waals surface area contributed by atoms with Gasteiger partial charge in [-0.25, -0.2) is 0 Å². The van der Waals surface area contributed by atoms with Crippen molar-refractivity contribution in [2.24, 2.45) is 0 Å². The van der Waals surface area contributed by atoms with E-state index in [1.54, 1.807) is 0 Å². The van der Waals surface area contributed by atoms with Gasteiger partial charge in [0.05, 0.1) is 6.10 Å². The highest BCUT2D eigenvalue weighted by Gasteiger charge is 2.09. The largest absolute Gasteiger partial charge is 0.463 e. The first kappa shape index (κ1) is 28.6. The van der Waals surface area contributed by atoms with Gasteiger partial charge in [0.25, 0.3) is 0 Å². The van der Waals surface area contributed by atoms with Gasteiger partial charge in [0, 0.05) is 13.3 Å². The van der Waals surface area contributed by atoms with Crippen LogP contribution in [0, 0.1) is 0 Å². The number of rotatable bonds is 17. The predicted molar refractivity (Wildman–Crippen MR) is 123 cm³/mol. The number of allylic oxidation sites excluding steroid dienone is 8. The van der Waals surface area contributed by atoms with Gasteiger partial charge in [0.2, 0.25) is 0 Å². The van der Waals surface area contributed by atoms with Gasteiger partial charge < -0.3 is 19.7 Å². The van der Waals surface area contributed by atoms with Crippen LogP contribution in [0.25, 0.3) is 0 Å². The molecule has 31 heavy (non-hydrogen) atoms. The number of ether oxygens (including phenoxy) is 2. The van der Waals surface area contributed by atoms with Crippen LogP contribution in [-0.4, -0.2) is 47.6 Å². The van der Waals surface area contributed by atoms with Crippen LogP contribution in [0.2, 0.25) is 0 Å². The van der Waals surface area contributed by atoms with Crippen LogP contribution in [0.4, 0.5) is 0 Å². The highest BCUT2D eigenvalue weighted by atomic mass is 16.6. The van der Waals surface area contributed by atoms with Crippen molar-refractivity contribution in [2.75, 3.05) is 13.2 Å². The van der Waals surface area contributed by atoms with Crippen LogP contribution >= 0.6 is 0 Å². The van der Waals surface area contributed by atoms with Crippen LogP contribution in [0.3, 0.4) is 0 Å². The summed E-state index contributed by atoms with van der Waals surface area (Å²) in [5.41, 5.74) is 0. The van der Waals surface area contributed by atoms with Crippen LogP contribution in [0.5, 0.6) is 0 Å². The van der Waals surface area contributed by atoms with Crippen LogP contribution in [-0.2, 0) is 19.1 Å². The third-order valence-corrected chi connectivity index (χ3v) is 3.90. The fourth-order valence-corrected chi connectivity index (χ4v) is 2.28. The fourth-order valence-electron chi connectivity index (χ4n) is 2.28. The Balaban J connectivity index is 3.67. The van der Waals surface area contributed by atoms with E-state index in [9.17, 15) is 19.8 Å². The number of hydrogen-bond donors (Lipinski definition) is 2. The number of aliphatic hydroxyl groups excluding tert-OH is 2. The van der Waals surface area contributed by atoms with Crippen molar-refractivity contribution in [3.63, 3.8) is 0 Å². The Bertz CT molecular complexity index is 616. The second-order valence-electron chi connectivity index (χ2n) is 6.94. The van der Waals surface area contributed by atoms with E-state index in [2.05, 4.69) is 29.0 Å². The minimum Gasteiger partial charge on any atom is -0.463 e. The van der Waals surface area contributed by atoms with Crippen LogP contribution in [0.1, 0.15) is 58.8 Å². The molecule has 0 aliphatic rings. The molecule has 6 nitrogen and oxygen atoms in total. The molecule has 0 bridgehead atoms. The van der Waals surface area contributed by atoms with Crippen molar-refractivity contribution in [1.29, 1.82) is 0 Å². The zero-order chi connectivity index (χ0) is 23.2. The maximum atomic E-state index is 11.6. The van der Waals surface area contributed by atoms with E-state index in [-0.39, 0.29) is 25.6 Å². The Morgan fingerprint density at radius 1 is 0.871 bits per heavy atom. The normalized spacial score (nSPS) is 14.3. The molecule has 0 aromatic heterocycles. The van der Waals surface area contributed by atoms with Crippen molar-refractivity contribution in [3.05, 3.63) is 60.8 Å². The number of carbonyl (C=O) groups is 2. The van der Waals surface area contributed by atoms with E-state index in [1.165, 1.54) is 6.92 Å². The Kier molecular flexibility index (Phi) is 19.2. The average molecular weight is 435 g/mol. The Morgan fingerprint density at radius 2 is 1.52 bits per heavy atom. The molecule has 0 aromatic rings. The Labute approximate surface area is 186 Å². The van der Waals surface area contributed by atoms with Gasteiger partial charge in [0.1, 0.15) is 19.3 Å². The molecule has 2 N–H and O–H groups in total. The SMILES string of the molecule is CC/C=C\C(O)C/C=C/C=C\C/C=C\C/C=C\CCCC(=O)OC[C@H](O)COC(C)=O. The third-order valence-electron chi connectivity index (χ3n) is 3.90. The number of carbonyl (C=O) groups excluding carboxylic acids is 2. The number of aliphatic hydroxyl groups is 2. The van der Waals surface area contributed by atoms with Gasteiger partial charge >= 0.3 is 11.9 Å². The first-order valence-electron chi connectivity index (χ1n) is 10.9. The molecule has 0 rings (SSSR count). The fraction of sp³-hybridized carbons (Fsp3) is 0.520. The molecule has 2 atom stereocenters. The molecule has 0 aromatic carbocycles. The summed E-state index contributed by atoms with van der Waals surface area (Å²) in [7, 11) is 0. The molecule has 1 unspecified atom stereocenters. The van der Waals surface area contributed by atoms with Crippen LogP contribution < -0.4 is 0 Å². The van der Waals surface area contributed by atoms with Gasteiger partial charge in [-0.1, -0.05) is 67.7 Å². The molecular weight excluding hydrogens is 396 g/mol. The second kappa shape index (κ2) is 20.8. The summed E-state index contributed by atoms with van der Waals surface area (Å²) in [6.45, 7) is 2.94. The molecule has 6 heteroatoms. The van der Waals surface area contributed by atoms with E-state index in [0.717, 1.165) is 25.7 Å². The summed E-state index contributed by atoms with van der Waals surface area (Å²) in [6, 6.07) is 0. The molecule has 0 saturated carbocycles. The summed E-state index contributed by atoms with van der Waals surface area (Å²) in [6.07, 6.45) is 23.6. The highest BCUT2D eigenvalue weighted by molar-refractivity contribution is 5.69. The molecular formula is C25H38O6. The maximum Gasteiger partial charge on any atom is 0.305 e. The minimum absolute atomic E-state index is 0.171. The Morgan fingerprint density at radius 3 is 2.23 bits per heavy atom. The average Bonchev–Trinajstić information content (AvgIpc) is 2.74. The van der Waals surface area contributed by atoms with E-state index < -0.39 is 18.2 Å².